The van der Waals surface area contributed by atoms with Crippen LogP contribution in [0, 0.1) is 0 Å². The van der Waals surface area contributed by atoms with Gasteiger partial charge in [0, 0.05) is 12.1 Å². The Morgan fingerprint density at radius 3 is 1.68 bits per heavy atom. The van der Waals surface area contributed by atoms with Crippen LogP contribution >= 0.6 is 0 Å². The Balaban J connectivity index is 0.000000178. The number of para-hydroxylation sites is 2. The predicted molar refractivity (Wildman–Crippen MR) is 122 cm³/mol. The van der Waals surface area contributed by atoms with Crippen LogP contribution < -0.4 is 0 Å². The smallest absolute Gasteiger partial charge is 0.435 e. The van der Waals surface area contributed by atoms with Gasteiger partial charge in [0.15, 0.2) is 22.8 Å². The Hall–Kier alpha value is -4.81. The molecule has 0 saturated heterocycles. The van der Waals surface area contributed by atoms with Crippen molar-refractivity contribution in [1.82, 2.24) is 19.6 Å². The lowest BCUT2D eigenvalue weighted by Gasteiger charge is -2.05. The molecular formula is C25H16F6N4O3. The van der Waals surface area contributed by atoms with Crippen LogP contribution in [0.5, 0.6) is 0 Å². The number of aromatic nitrogens is 4. The Kier molecular flexibility index (Phi) is 7.10. The molecule has 3 heterocycles. The Morgan fingerprint density at radius 1 is 0.711 bits per heavy atom. The van der Waals surface area contributed by atoms with Crippen molar-refractivity contribution >= 4 is 5.97 Å². The molecule has 7 nitrogen and oxygen atoms in total. The lowest BCUT2D eigenvalue weighted by Crippen LogP contribution is -2.09. The number of aromatic carboxylic acids is 1. The fraction of sp³-hybridized carbons (Fsp3) is 0.0800. The molecule has 0 unspecified atom stereocenters. The summed E-state index contributed by atoms with van der Waals surface area (Å²) in [6, 6.07) is 21.1. The van der Waals surface area contributed by atoms with E-state index in [1.54, 1.807) is 60.7 Å². The van der Waals surface area contributed by atoms with Gasteiger partial charge < -0.3 is 9.52 Å². The summed E-state index contributed by atoms with van der Waals surface area (Å²) < 4.78 is 83.1. The number of carbonyl (C=O) groups is 1. The molecule has 0 fully saturated rings. The van der Waals surface area contributed by atoms with Gasteiger partial charge >= 0.3 is 18.3 Å². The van der Waals surface area contributed by atoms with Gasteiger partial charge in [0.25, 0.3) is 0 Å². The van der Waals surface area contributed by atoms with Gasteiger partial charge in [0.2, 0.25) is 0 Å². The highest BCUT2D eigenvalue weighted by atomic mass is 19.4. The maximum atomic E-state index is 12.8. The van der Waals surface area contributed by atoms with E-state index in [1.165, 1.54) is 23.1 Å². The highest BCUT2D eigenvalue weighted by Crippen LogP contribution is 2.33. The topological polar surface area (TPSA) is 86.1 Å². The molecule has 196 valence electrons. The zero-order chi connectivity index (χ0) is 27.5. The minimum atomic E-state index is -4.68. The van der Waals surface area contributed by atoms with Crippen LogP contribution in [0.4, 0.5) is 26.3 Å². The summed E-state index contributed by atoms with van der Waals surface area (Å²) >= 11 is 0. The minimum Gasteiger partial charge on any atom is -0.477 e. The van der Waals surface area contributed by atoms with Gasteiger partial charge in [-0.15, -0.1) is 0 Å². The van der Waals surface area contributed by atoms with Gasteiger partial charge in [-0.25, -0.2) is 14.2 Å². The first-order valence-corrected chi connectivity index (χ1v) is 10.7. The molecule has 0 amide bonds. The molecule has 13 heteroatoms. The highest BCUT2D eigenvalue weighted by Gasteiger charge is 2.36. The monoisotopic (exact) mass is 534 g/mol. The number of hydrogen-bond donors (Lipinski definition) is 1. The normalized spacial score (nSPS) is 11.6. The van der Waals surface area contributed by atoms with Gasteiger partial charge in [-0.3, -0.25) is 0 Å². The van der Waals surface area contributed by atoms with E-state index in [-0.39, 0.29) is 11.4 Å². The van der Waals surface area contributed by atoms with Gasteiger partial charge in [-0.05, 0) is 36.4 Å². The third-order valence-corrected chi connectivity index (χ3v) is 4.99. The Morgan fingerprint density at radius 2 is 1.21 bits per heavy atom. The van der Waals surface area contributed by atoms with E-state index in [9.17, 15) is 31.1 Å². The molecule has 0 spiro atoms. The summed E-state index contributed by atoms with van der Waals surface area (Å²) in [5.41, 5.74) is -1.67. The molecule has 0 radical (unpaired) electrons. The highest BCUT2D eigenvalue weighted by molar-refractivity contribution is 5.86. The van der Waals surface area contributed by atoms with E-state index in [2.05, 4.69) is 10.2 Å². The summed E-state index contributed by atoms with van der Waals surface area (Å²) in [4.78, 5) is 10.9. The van der Waals surface area contributed by atoms with Crippen molar-refractivity contribution in [1.29, 1.82) is 0 Å². The molecular weight excluding hydrogens is 518 g/mol. The number of halogens is 6. The van der Waals surface area contributed by atoms with Crippen LogP contribution in [-0.4, -0.2) is 30.6 Å². The van der Waals surface area contributed by atoms with Crippen LogP contribution in [0.25, 0.3) is 22.8 Å². The molecule has 1 N–H and O–H groups in total. The molecule has 3 aromatic heterocycles. The number of nitrogens with zero attached hydrogens (tertiary/aromatic N) is 4. The first kappa shape index (κ1) is 26.3. The molecule has 0 aliphatic carbocycles. The molecule has 5 rings (SSSR count). The zero-order valence-corrected chi connectivity index (χ0v) is 19.0. The standard InChI is InChI=1S/C14H9F3N2O.C11H7F3N2O2/c15-14(16,17)13-9-11(12-7-4-8-20-12)19(18-13)10-5-2-1-3-6-10;12-11(13,14)9-6-8(10(17)18)16(15-9)7-4-2-1-3-5-7/h1-9H;1-6H,(H,17,18). The van der Waals surface area contributed by atoms with Crippen LogP contribution in [0.2, 0.25) is 0 Å². The second kappa shape index (κ2) is 10.3. The molecule has 0 saturated carbocycles. The third kappa shape index (κ3) is 5.77. The van der Waals surface area contributed by atoms with Crippen molar-refractivity contribution in [2.24, 2.45) is 0 Å². The van der Waals surface area contributed by atoms with Gasteiger partial charge in [-0.2, -0.15) is 36.5 Å². The quantitative estimate of drug-likeness (QED) is 0.258. The van der Waals surface area contributed by atoms with Crippen LogP contribution in [-0.2, 0) is 12.4 Å². The van der Waals surface area contributed by atoms with Crippen molar-refractivity contribution < 1.29 is 40.7 Å². The van der Waals surface area contributed by atoms with Crippen molar-refractivity contribution in [3.05, 3.63) is 108 Å². The Labute approximate surface area is 210 Å². The maximum absolute atomic E-state index is 12.8. The molecule has 0 aliphatic rings. The second-order valence-corrected chi connectivity index (χ2v) is 7.60. The van der Waals surface area contributed by atoms with Crippen molar-refractivity contribution in [3.63, 3.8) is 0 Å². The molecule has 0 aliphatic heterocycles. The number of rotatable bonds is 4. The third-order valence-electron chi connectivity index (χ3n) is 4.99. The van der Waals surface area contributed by atoms with Gasteiger partial charge in [0.1, 0.15) is 5.69 Å². The lowest BCUT2D eigenvalue weighted by atomic mass is 10.2. The summed E-state index contributed by atoms with van der Waals surface area (Å²) in [5.74, 6) is -1.14. The summed E-state index contributed by atoms with van der Waals surface area (Å²) in [5, 5.41) is 15.8. The van der Waals surface area contributed by atoms with Crippen molar-refractivity contribution in [2.75, 3.05) is 0 Å². The first-order chi connectivity index (χ1) is 17.9. The lowest BCUT2D eigenvalue weighted by molar-refractivity contribution is -0.142. The van der Waals surface area contributed by atoms with Crippen LogP contribution in [0.1, 0.15) is 21.9 Å². The average molecular weight is 534 g/mol. The number of hydrogen-bond acceptors (Lipinski definition) is 4. The second-order valence-electron chi connectivity index (χ2n) is 7.60. The van der Waals surface area contributed by atoms with E-state index >= 15 is 0 Å². The molecule has 2 aromatic carbocycles. The van der Waals surface area contributed by atoms with E-state index in [0.717, 1.165) is 10.7 Å². The zero-order valence-electron chi connectivity index (χ0n) is 19.0. The molecule has 5 aromatic rings. The SMILES string of the molecule is FC(F)(F)c1cc(-c2ccco2)n(-c2ccccc2)n1.O=C(O)c1cc(C(F)(F)F)nn1-c1ccccc1. The summed E-state index contributed by atoms with van der Waals surface area (Å²) in [6.07, 6.45) is -7.77. The van der Waals surface area contributed by atoms with Gasteiger partial charge in [-0.1, -0.05) is 36.4 Å². The number of carboxylic acid groups (broad SMARTS) is 1. The van der Waals surface area contributed by atoms with E-state index in [0.29, 0.717) is 17.5 Å². The fourth-order valence-corrected chi connectivity index (χ4v) is 3.32. The predicted octanol–water partition coefficient (Wildman–Crippen LogP) is 6.74. The van der Waals surface area contributed by atoms with Crippen molar-refractivity contribution in [3.8, 4) is 22.8 Å². The minimum absolute atomic E-state index is 0.255. The average Bonchev–Trinajstić information content (AvgIpc) is 3.64. The van der Waals surface area contributed by atoms with Gasteiger partial charge in [0.05, 0.1) is 17.6 Å². The summed E-state index contributed by atoms with van der Waals surface area (Å²) in [7, 11) is 0. The van der Waals surface area contributed by atoms with E-state index in [1.807, 2.05) is 0 Å². The van der Waals surface area contributed by atoms with E-state index < -0.39 is 35.4 Å². The Bertz CT molecular complexity index is 1510. The summed E-state index contributed by atoms with van der Waals surface area (Å²) in [6.45, 7) is 0. The molecule has 38 heavy (non-hydrogen) atoms. The van der Waals surface area contributed by atoms with Crippen LogP contribution in [0.15, 0.2) is 95.6 Å². The number of benzene rings is 2. The molecule has 0 bridgehead atoms. The number of carboxylic acids is 1. The van der Waals surface area contributed by atoms with Crippen LogP contribution in [0.3, 0.4) is 0 Å². The fourth-order valence-electron chi connectivity index (χ4n) is 3.32. The maximum Gasteiger partial charge on any atom is 0.435 e. The number of alkyl halides is 6. The first-order valence-electron chi connectivity index (χ1n) is 10.7. The van der Waals surface area contributed by atoms with Crippen molar-refractivity contribution in [2.45, 2.75) is 12.4 Å². The number of furan rings is 1. The largest absolute Gasteiger partial charge is 0.477 e. The molecule has 0 atom stereocenters. The van der Waals surface area contributed by atoms with E-state index in [4.69, 9.17) is 9.52 Å².